The second-order valence-corrected chi connectivity index (χ2v) is 5.63. The van der Waals surface area contributed by atoms with Crippen molar-refractivity contribution < 1.29 is 8.42 Å². The molecule has 17 heavy (non-hydrogen) atoms. The summed E-state index contributed by atoms with van der Waals surface area (Å²) in [4.78, 5) is 8.36. The molecule has 0 spiro atoms. The van der Waals surface area contributed by atoms with Crippen LogP contribution >= 0.6 is 0 Å². The molecule has 0 bridgehead atoms. The Balaban J connectivity index is 5.21. The molecule has 0 fully saturated rings. The van der Waals surface area contributed by atoms with Gasteiger partial charge in [-0.25, -0.2) is 18.4 Å². The second kappa shape index (κ2) is 7.21. The largest absolute Gasteiger partial charge is 0.268 e. The highest BCUT2D eigenvalue weighted by molar-refractivity contribution is 7.88. The molecule has 0 atom stereocenters. The van der Waals surface area contributed by atoms with E-state index < -0.39 is 10.0 Å². The Morgan fingerprint density at radius 3 is 2.35 bits per heavy atom. The van der Waals surface area contributed by atoms with Crippen LogP contribution in [0.3, 0.4) is 0 Å². The van der Waals surface area contributed by atoms with E-state index in [0.29, 0.717) is 18.1 Å². The van der Waals surface area contributed by atoms with E-state index in [-0.39, 0.29) is 5.92 Å². The van der Waals surface area contributed by atoms with E-state index in [2.05, 4.69) is 14.7 Å². The summed E-state index contributed by atoms with van der Waals surface area (Å²) in [7, 11) is -3.31. The van der Waals surface area contributed by atoms with Gasteiger partial charge in [-0.1, -0.05) is 20.8 Å². The van der Waals surface area contributed by atoms with Crippen LogP contribution in [0, 0.1) is 5.92 Å². The van der Waals surface area contributed by atoms with Crippen molar-refractivity contribution in [2.75, 3.05) is 6.26 Å². The van der Waals surface area contributed by atoms with Gasteiger partial charge in [0.05, 0.1) is 6.26 Å². The molecular weight excluding hydrogens is 238 g/mol. The van der Waals surface area contributed by atoms with Crippen molar-refractivity contribution in [3.05, 3.63) is 11.9 Å². The lowest BCUT2D eigenvalue weighted by Gasteiger charge is -2.08. The Hall–Kier alpha value is -1.17. The first-order valence-corrected chi connectivity index (χ1v) is 7.44. The van der Waals surface area contributed by atoms with Gasteiger partial charge < -0.3 is 0 Å². The van der Waals surface area contributed by atoms with E-state index in [4.69, 9.17) is 0 Å². The summed E-state index contributed by atoms with van der Waals surface area (Å²) in [5, 5.41) is 0. The zero-order valence-corrected chi connectivity index (χ0v) is 11.9. The Kier molecular flexibility index (Phi) is 6.72. The fraction of sp³-hybridized carbons (Fsp3) is 0.636. The summed E-state index contributed by atoms with van der Waals surface area (Å²) < 4.78 is 24.7. The average molecular weight is 259 g/mol. The number of nitrogens with one attached hydrogen (secondary N) is 1. The molecule has 0 aliphatic carbocycles. The quantitative estimate of drug-likeness (QED) is 0.605. The Morgan fingerprint density at radius 1 is 1.41 bits per heavy atom. The Labute approximate surface area is 104 Å². The molecule has 0 amide bonds. The van der Waals surface area contributed by atoms with Crippen LogP contribution in [0.15, 0.2) is 21.9 Å². The van der Waals surface area contributed by atoms with Gasteiger partial charge in [-0.2, -0.15) is 0 Å². The minimum Gasteiger partial charge on any atom is -0.268 e. The molecule has 0 radical (unpaired) electrons. The first-order valence-electron chi connectivity index (χ1n) is 5.55. The number of hydrogen-bond donors (Lipinski definition) is 1. The lowest BCUT2D eigenvalue weighted by Crippen LogP contribution is -2.21. The molecule has 0 saturated carbocycles. The molecule has 0 aliphatic rings. The summed E-state index contributed by atoms with van der Waals surface area (Å²) in [6.07, 6.45) is 5.16. The van der Waals surface area contributed by atoms with E-state index in [1.807, 2.05) is 20.8 Å². The first kappa shape index (κ1) is 15.8. The second-order valence-electron chi connectivity index (χ2n) is 3.88. The van der Waals surface area contributed by atoms with Crippen molar-refractivity contribution in [1.82, 2.24) is 4.72 Å². The van der Waals surface area contributed by atoms with Gasteiger partial charge in [-0.3, -0.25) is 4.72 Å². The van der Waals surface area contributed by atoms with Crippen molar-refractivity contribution in [3.63, 3.8) is 0 Å². The highest BCUT2D eigenvalue weighted by Gasteiger charge is 2.07. The fourth-order valence-electron chi connectivity index (χ4n) is 1.06. The predicted octanol–water partition coefficient (Wildman–Crippen LogP) is 1.93. The third-order valence-corrected chi connectivity index (χ3v) is 2.28. The third-order valence-electron chi connectivity index (χ3n) is 1.70. The van der Waals surface area contributed by atoms with Gasteiger partial charge in [0, 0.05) is 12.1 Å². The topological polar surface area (TPSA) is 70.9 Å². The summed E-state index contributed by atoms with van der Waals surface area (Å²) in [6.45, 7) is 7.62. The molecule has 6 heteroatoms. The summed E-state index contributed by atoms with van der Waals surface area (Å²) >= 11 is 0. The standard InChI is InChI=1S/C11H21N3O2S/c1-6-8-10(14-17(5,15)16)13-11(9(3)4)12-7-2/h7-9,14H,6H2,1-5H3/b10-8-,12-7-,13-11-. The highest BCUT2D eigenvalue weighted by atomic mass is 32.2. The van der Waals surface area contributed by atoms with E-state index in [1.54, 1.807) is 19.2 Å². The molecule has 1 N–H and O–H groups in total. The van der Waals surface area contributed by atoms with Gasteiger partial charge >= 0.3 is 0 Å². The number of amidine groups is 1. The molecule has 0 aliphatic heterocycles. The molecule has 0 saturated heterocycles. The lowest BCUT2D eigenvalue weighted by molar-refractivity contribution is 0.594. The predicted molar refractivity (Wildman–Crippen MR) is 72.8 cm³/mol. The molecular formula is C11H21N3O2S. The smallest absolute Gasteiger partial charge is 0.230 e. The van der Waals surface area contributed by atoms with E-state index in [0.717, 1.165) is 6.26 Å². The normalized spacial score (nSPS) is 14.7. The van der Waals surface area contributed by atoms with Crippen molar-refractivity contribution >= 4 is 22.1 Å². The van der Waals surface area contributed by atoms with Crippen LogP contribution in [-0.2, 0) is 10.0 Å². The fourth-order valence-corrected chi connectivity index (χ4v) is 1.57. The van der Waals surface area contributed by atoms with E-state index in [9.17, 15) is 8.42 Å². The summed E-state index contributed by atoms with van der Waals surface area (Å²) in [6, 6.07) is 0. The summed E-state index contributed by atoms with van der Waals surface area (Å²) in [5.41, 5.74) is 0. The molecule has 0 rings (SSSR count). The zero-order chi connectivity index (χ0) is 13.5. The van der Waals surface area contributed by atoms with Gasteiger partial charge in [0.1, 0.15) is 11.7 Å². The van der Waals surface area contributed by atoms with Gasteiger partial charge in [-0.15, -0.1) is 0 Å². The molecule has 0 unspecified atom stereocenters. The number of allylic oxidation sites excluding steroid dienone is 1. The van der Waals surface area contributed by atoms with Crippen LogP contribution in [0.1, 0.15) is 34.1 Å². The van der Waals surface area contributed by atoms with Crippen molar-refractivity contribution in [3.8, 4) is 0 Å². The number of aliphatic imine (C=N–C) groups is 2. The maximum absolute atomic E-state index is 11.2. The first-order chi connectivity index (χ1) is 7.80. The molecule has 0 aromatic heterocycles. The maximum Gasteiger partial charge on any atom is 0.230 e. The van der Waals surface area contributed by atoms with Gasteiger partial charge in [0.25, 0.3) is 0 Å². The van der Waals surface area contributed by atoms with Crippen LogP contribution in [0.5, 0.6) is 0 Å². The minimum atomic E-state index is -3.31. The molecule has 0 heterocycles. The van der Waals surface area contributed by atoms with Crippen LogP contribution in [0.2, 0.25) is 0 Å². The molecule has 0 aromatic rings. The Morgan fingerprint density at radius 2 is 2.00 bits per heavy atom. The SMILES string of the molecule is C\C=N/C(=N\C(=C\CC)NS(C)(=O)=O)C(C)C. The van der Waals surface area contributed by atoms with Crippen LogP contribution in [0.4, 0.5) is 0 Å². The third kappa shape index (κ3) is 7.68. The zero-order valence-electron chi connectivity index (χ0n) is 11.1. The lowest BCUT2D eigenvalue weighted by atomic mass is 10.2. The number of sulfonamides is 1. The minimum absolute atomic E-state index is 0.132. The maximum atomic E-state index is 11.2. The molecule has 0 aromatic carbocycles. The van der Waals surface area contributed by atoms with Crippen molar-refractivity contribution in [1.29, 1.82) is 0 Å². The monoisotopic (exact) mass is 259 g/mol. The number of nitrogens with zero attached hydrogens (tertiary/aromatic N) is 2. The number of hydrogen-bond acceptors (Lipinski definition) is 3. The average Bonchev–Trinajstić information content (AvgIpc) is 2.14. The van der Waals surface area contributed by atoms with Crippen LogP contribution in [-0.4, -0.2) is 26.7 Å². The molecule has 98 valence electrons. The summed E-state index contributed by atoms with van der Waals surface area (Å²) in [5.74, 6) is 1.06. The molecule has 5 nitrogen and oxygen atoms in total. The van der Waals surface area contributed by atoms with E-state index >= 15 is 0 Å². The van der Waals surface area contributed by atoms with Gasteiger partial charge in [-0.05, 0) is 19.4 Å². The van der Waals surface area contributed by atoms with Crippen molar-refractivity contribution in [2.24, 2.45) is 15.9 Å². The van der Waals surface area contributed by atoms with Gasteiger partial charge in [0.2, 0.25) is 10.0 Å². The number of rotatable bonds is 5. The van der Waals surface area contributed by atoms with Crippen LogP contribution < -0.4 is 4.72 Å². The van der Waals surface area contributed by atoms with E-state index in [1.165, 1.54) is 0 Å². The Bertz CT molecular complexity index is 420. The van der Waals surface area contributed by atoms with Crippen LogP contribution in [0.25, 0.3) is 0 Å². The van der Waals surface area contributed by atoms with Gasteiger partial charge in [0.15, 0.2) is 0 Å². The highest BCUT2D eigenvalue weighted by Crippen LogP contribution is 2.05. The van der Waals surface area contributed by atoms with Crippen molar-refractivity contribution in [2.45, 2.75) is 34.1 Å².